The number of ether oxygens (including phenoxy) is 2. The number of carbonyl (C=O) groups excluding carboxylic acids is 1. The third-order valence-electron chi connectivity index (χ3n) is 5.97. The summed E-state index contributed by atoms with van der Waals surface area (Å²) < 4.78 is 11.6. The number of esters is 1. The molecule has 4 aliphatic heterocycles. The van der Waals surface area contributed by atoms with Crippen molar-refractivity contribution in [2.45, 2.75) is 64.1 Å². The van der Waals surface area contributed by atoms with Crippen LogP contribution in [-0.2, 0) is 24.0 Å². The molecule has 5 nitrogen and oxygen atoms in total. The van der Waals surface area contributed by atoms with Gasteiger partial charge in [-0.15, -0.1) is 0 Å². The highest BCUT2D eigenvalue weighted by atomic mass is 17.3. The highest BCUT2D eigenvalue weighted by Gasteiger charge is 2.69. The Hall–Kier alpha value is -0.650. The molecule has 4 unspecified atom stereocenters. The second-order valence-corrected chi connectivity index (χ2v) is 7.14. The maximum atomic E-state index is 12.1. The number of rotatable bonds is 0. The minimum atomic E-state index is -0.793. The van der Waals surface area contributed by atoms with E-state index in [4.69, 9.17) is 19.2 Å². The maximum Gasteiger partial charge on any atom is 0.311 e. The predicted molar refractivity (Wildman–Crippen MR) is 68.0 cm³/mol. The third kappa shape index (κ3) is 1.46. The van der Waals surface area contributed by atoms with Crippen molar-refractivity contribution >= 4 is 5.97 Å². The fraction of sp³-hybridized carbons (Fsp3) is 0.933. The first-order valence-corrected chi connectivity index (χ1v) is 7.71. The molecule has 5 aliphatic rings. The van der Waals surface area contributed by atoms with Crippen LogP contribution in [0.1, 0.15) is 46.5 Å². The van der Waals surface area contributed by atoms with Crippen LogP contribution in [0.25, 0.3) is 0 Å². The first kappa shape index (κ1) is 13.0. The Bertz CT molecular complexity index is 452. The van der Waals surface area contributed by atoms with Crippen molar-refractivity contribution in [2.24, 2.45) is 23.7 Å². The Morgan fingerprint density at radius 3 is 2.70 bits per heavy atom. The first-order valence-electron chi connectivity index (χ1n) is 7.71. The van der Waals surface area contributed by atoms with Gasteiger partial charge >= 0.3 is 5.97 Å². The minimum Gasteiger partial charge on any atom is -0.432 e. The molecular weight excluding hydrogens is 260 g/mol. The normalized spacial score (nSPS) is 57.8. The fourth-order valence-corrected chi connectivity index (χ4v) is 4.76. The maximum absolute atomic E-state index is 12.1. The quantitative estimate of drug-likeness (QED) is 0.504. The monoisotopic (exact) mass is 282 g/mol. The summed E-state index contributed by atoms with van der Waals surface area (Å²) in [6, 6.07) is 0. The molecule has 1 aliphatic carbocycles. The summed E-state index contributed by atoms with van der Waals surface area (Å²) in [5.41, 5.74) is -0.610. The molecule has 0 N–H and O–H groups in total. The summed E-state index contributed by atoms with van der Waals surface area (Å²) in [5.74, 6) is -0.137. The van der Waals surface area contributed by atoms with E-state index in [1.54, 1.807) is 0 Å². The summed E-state index contributed by atoms with van der Waals surface area (Å²) in [5, 5.41) is 0. The van der Waals surface area contributed by atoms with Gasteiger partial charge in [0.05, 0.1) is 5.92 Å². The van der Waals surface area contributed by atoms with E-state index in [1.165, 1.54) is 0 Å². The molecule has 7 atom stereocenters. The zero-order valence-corrected chi connectivity index (χ0v) is 12.3. The van der Waals surface area contributed by atoms with Crippen molar-refractivity contribution in [1.82, 2.24) is 0 Å². The summed E-state index contributed by atoms with van der Waals surface area (Å²) >= 11 is 0. The minimum absolute atomic E-state index is 0.123. The van der Waals surface area contributed by atoms with Crippen LogP contribution in [0.2, 0.25) is 0 Å². The van der Waals surface area contributed by atoms with Crippen LogP contribution in [0.4, 0.5) is 0 Å². The molecule has 4 saturated heterocycles. The summed E-state index contributed by atoms with van der Waals surface area (Å²) in [7, 11) is 0. The Balaban J connectivity index is 1.84. The molecule has 5 rings (SSSR count). The largest absolute Gasteiger partial charge is 0.432 e. The molecule has 2 bridgehead atoms. The Morgan fingerprint density at radius 1 is 1.10 bits per heavy atom. The van der Waals surface area contributed by atoms with Crippen LogP contribution in [-0.4, -0.2) is 23.6 Å². The average Bonchev–Trinajstić information content (AvgIpc) is 2.63. The number of fused-ring (bicyclic) bond motifs is 2. The van der Waals surface area contributed by atoms with Crippen LogP contribution in [0.5, 0.6) is 0 Å². The molecular formula is C15H22O5. The van der Waals surface area contributed by atoms with Gasteiger partial charge in [-0.2, -0.15) is 0 Å². The summed E-state index contributed by atoms with van der Waals surface area (Å²) in [6.45, 7) is 6.06. The first-order chi connectivity index (χ1) is 9.46. The van der Waals surface area contributed by atoms with Crippen LogP contribution in [0.15, 0.2) is 0 Å². The van der Waals surface area contributed by atoms with Crippen LogP contribution >= 0.6 is 0 Å². The van der Waals surface area contributed by atoms with E-state index in [0.717, 1.165) is 25.7 Å². The van der Waals surface area contributed by atoms with E-state index in [-0.39, 0.29) is 17.8 Å². The fourth-order valence-electron chi connectivity index (χ4n) is 4.76. The molecule has 20 heavy (non-hydrogen) atoms. The number of carbonyl (C=O) groups is 1. The van der Waals surface area contributed by atoms with Gasteiger partial charge in [-0.3, -0.25) is 4.79 Å². The van der Waals surface area contributed by atoms with Crippen molar-refractivity contribution in [2.75, 3.05) is 0 Å². The van der Waals surface area contributed by atoms with Gasteiger partial charge in [0.15, 0.2) is 5.60 Å². The van der Waals surface area contributed by atoms with Crippen LogP contribution < -0.4 is 0 Å². The average molecular weight is 282 g/mol. The lowest BCUT2D eigenvalue weighted by Gasteiger charge is -2.57. The molecule has 4 heterocycles. The van der Waals surface area contributed by atoms with Crippen molar-refractivity contribution < 1.29 is 24.0 Å². The highest BCUT2D eigenvalue weighted by molar-refractivity contribution is 5.74. The molecule has 1 spiro atoms. The Labute approximate surface area is 118 Å². The second-order valence-electron chi connectivity index (χ2n) is 7.14. The van der Waals surface area contributed by atoms with Gasteiger partial charge in [-0.1, -0.05) is 13.8 Å². The van der Waals surface area contributed by atoms with Crippen LogP contribution in [0.3, 0.4) is 0 Å². The van der Waals surface area contributed by atoms with Gasteiger partial charge in [-0.25, -0.2) is 9.78 Å². The Morgan fingerprint density at radius 2 is 1.90 bits per heavy atom. The van der Waals surface area contributed by atoms with E-state index in [9.17, 15) is 4.79 Å². The number of hydrogen-bond acceptors (Lipinski definition) is 5. The van der Waals surface area contributed by atoms with Gasteiger partial charge in [-0.05, 0) is 32.1 Å². The highest BCUT2D eigenvalue weighted by Crippen LogP contribution is 2.59. The molecule has 1 saturated carbocycles. The smallest absolute Gasteiger partial charge is 0.311 e. The third-order valence-corrected chi connectivity index (χ3v) is 5.97. The van der Waals surface area contributed by atoms with Gasteiger partial charge in [0.25, 0.3) is 0 Å². The number of hydrogen-bond donors (Lipinski definition) is 0. The van der Waals surface area contributed by atoms with Crippen molar-refractivity contribution in [3.8, 4) is 0 Å². The summed E-state index contributed by atoms with van der Waals surface area (Å²) in [4.78, 5) is 23.7. The van der Waals surface area contributed by atoms with Gasteiger partial charge < -0.3 is 9.47 Å². The molecule has 5 fully saturated rings. The van der Waals surface area contributed by atoms with E-state index in [2.05, 4.69) is 6.92 Å². The lowest BCUT2D eigenvalue weighted by atomic mass is 9.58. The molecule has 5 heteroatoms. The van der Waals surface area contributed by atoms with Crippen molar-refractivity contribution in [3.05, 3.63) is 0 Å². The second kappa shape index (κ2) is 3.96. The zero-order chi connectivity index (χ0) is 14.1. The SMILES string of the molecule is CC1C(=O)OC2OC3(C)CC[C@H]4[C@H](C)CC[C@@H]1C24OO3. The molecule has 112 valence electrons. The predicted octanol–water partition coefficient (Wildman–Crippen LogP) is 2.39. The lowest BCUT2D eigenvalue weighted by Crippen LogP contribution is -2.69. The zero-order valence-electron chi connectivity index (χ0n) is 12.3. The Kier molecular flexibility index (Phi) is 2.58. The lowest BCUT2D eigenvalue weighted by molar-refractivity contribution is -0.559. The van der Waals surface area contributed by atoms with E-state index >= 15 is 0 Å². The molecule has 0 aromatic carbocycles. The van der Waals surface area contributed by atoms with E-state index in [1.807, 2.05) is 13.8 Å². The molecule has 0 aromatic rings. The van der Waals surface area contributed by atoms with Gasteiger partial charge in [0, 0.05) is 18.3 Å². The van der Waals surface area contributed by atoms with Crippen LogP contribution in [0, 0.1) is 23.7 Å². The topological polar surface area (TPSA) is 54.0 Å². The van der Waals surface area contributed by atoms with Gasteiger partial charge in [0.2, 0.25) is 12.1 Å². The summed E-state index contributed by atoms with van der Waals surface area (Å²) in [6.07, 6.45) is 3.24. The van der Waals surface area contributed by atoms with E-state index in [0.29, 0.717) is 11.8 Å². The standard InChI is InChI=1S/C15H22O5/c1-8-4-5-11-9(2)12(16)17-13-15(11)10(8)6-7-14(3,18-13)19-20-15/h8-11,13H,4-7H2,1-3H3/t8-,9?,10+,11+,13?,14?,15?/m1/s1. The molecule has 0 amide bonds. The van der Waals surface area contributed by atoms with Crippen molar-refractivity contribution in [1.29, 1.82) is 0 Å². The molecule has 0 aromatic heterocycles. The molecule has 0 radical (unpaired) electrons. The van der Waals surface area contributed by atoms with Gasteiger partial charge in [0.1, 0.15) is 0 Å². The van der Waals surface area contributed by atoms with Crippen molar-refractivity contribution in [3.63, 3.8) is 0 Å². The van der Waals surface area contributed by atoms with E-state index < -0.39 is 17.7 Å².